The highest BCUT2D eigenvalue weighted by atomic mass is 79.9. The van der Waals surface area contributed by atoms with Crippen LogP contribution in [0.1, 0.15) is 6.92 Å². The smallest absolute Gasteiger partial charge is 0.244 e. The number of carbonyl (C=O) groups is 2. The molecule has 0 aliphatic rings. The van der Waals surface area contributed by atoms with Gasteiger partial charge in [-0.2, -0.15) is 0 Å². The van der Waals surface area contributed by atoms with E-state index in [1.54, 1.807) is 18.8 Å². The van der Waals surface area contributed by atoms with E-state index in [2.05, 4.69) is 21.2 Å². The summed E-state index contributed by atoms with van der Waals surface area (Å²) in [5.74, 6) is 0.266. The summed E-state index contributed by atoms with van der Waals surface area (Å²) in [4.78, 5) is 27.2. The number of thioether (sulfide) groups is 1. The van der Waals surface area contributed by atoms with Gasteiger partial charge in [-0.3, -0.25) is 9.59 Å². The highest BCUT2D eigenvalue weighted by molar-refractivity contribution is 9.10. The van der Waals surface area contributed by atoms with Crippen LogP contribution in [-0.2, 0) is 9.59 Å². The number of hydrogen-bond acceptors (Lipinski definition) is 3. The summed E-state index contributed by atoms with van der Waals surface area (Å²) < 4.78 is 0.810. The number of nitrogens with zero attached hydrogens (tertiary/aromatic N) is 1. The van der Waals surface area contributed by atoms with Gasteiger partial charge < -0.3 is 10.2 Å². The molecule has 0 heterocycles. The van der Waals surface area contributed by atoms with E-state index >= 15 is 0 Å². The van der Waals surface area contributed by atoms with Gasteiger partial charge in [0.1, 0.15) is 0 Å². The number of benzene rings is 2. The summed E-state index contributed by atoms with van der Waals surface area (Å²) in [7, 11) is 1.66. The second kappa shape index (κ2) is 9.63. The number of rotatable bonds is 7. The minimum Gasteiger partial charge on any atom is -0.336 e. The first-order valence-corrected chi connectivity index (χ1v) is 9.72. The first kappa shape index (κ1) is 19.5. The summed E-state index contributed by atoms with van der Waals surface area (Å²) in [6, 6.07) is 17.4. The van der Waals surface area contributed by atoms with Gasteiger partial charge in [-0.15, -0.1) is 11.8 Å². The number of hydrogen-bond donors (Lipinski definition) is 1. The summed E-state index contributed by atoms with van der Waals surface area (Å²) in [6.45, 7) is 1.92. The van der Waals surface area contributed by atoms with E-state index < -0.39 is 0 Å². The van der Waals surface area contributed by atoms with Crippen LogP contribution in [0.5, 0.6) is 0 Å². The van der Waals surface area contributed by atoms with Crippen molar-refractivity contribution in [2.45, 2.75) is 11.8 Å². The molecule has 1 atom stereocenters. The molecule has 0 aromatic heterocycles. The number of carbonyl (C=O) groups excluding carboxylic acids is 2. The second-order valence-corrected chi connectivity index (χ2v) is 7.70. The van der Waals surface area contributed by atoms with E-state index in [1.165, 1.54) is 4.90 Å². The molecule has 1 unspecified atom stereocenters. The molecule has 1 N–H and O–H groups in total. The van der Waals surface area contributed by atoms with Crippen LogP contribution in [0, 0.1) is 5.92 Å². The summed E-state index contributed by atoms with van der Waals surface area (Å²) >= 11 is 5.03. The van der Waals surface area contributed by atoms with Crippen LogP contribution >= 0.6 is 27.7 Å². The van der Waals surface area contributed by atoms with E-state index in [9.17, 15) is 9.59 Å². The van der Waals surface area contributed by atoms with Crippen LogP contribution in [0.4, 0.5) is 5.69 Å². The predicted molar refractivity (Wildman–Crippen MR) is 107 cm³/mol. The normalized spacial score (nSPS) is 11.6. The molecule has 6 heteroatoms. The fraction of sp³-hybridized carbons (Fsp3) is 0.263. The molecule has 4 nitrogen and oxygen atoms in total. The summed E-state index contributed by atoms with van der Waals surface area (Å²) in [5, 5.41) is 2.81. The Kier molecular flexibility index (Phi) is 7.52. The summed E-state index contributed by atoms with van der Waals surface area (Å²) in [5.41, 5.74) is 0.695. The predicted octanol–water partition coefficient (Wildman–Crippen LogP) is 4.27. The van der Waals surface area contributed by atoms with E-state index in [0.29, 0.717) is 11.4 Å². The third-order valence-electron chi connectivity index (χ3n) is 3.57. The third kappa shape index (κ3) is 6.21. The van der Waals surface area contributed by atoms with E-state index in [-0.39, 0.29) is 24.3 Å². The van der Waals surface area contributed by atoms with Gasteiger partial charge in [0.2, 0.25) is 11.8 Å². The average Bonchev–Trinajstić information content (AvgIpc) is 2.61. The molecule has 0 fully saturated rings. The van der Waals surface area contributed by atoms with Crippen molar-refractivity contribution in [2.75, 3.05) is 24.7 Å². The maximum Gasteiger partial charge on any atom is 0.244 e. The number of likely N-dealkylation sites (N-methyl/N-ethyl adjacent to an activating group) is 1. The van der Waals surface area contributed by atoms with Crippen LogP contribution in [0.25, 0.3) is 0 Å². The van der Waals surface area contributed by atoms with Crippen molar-refractivity contribution < 1.29 is 9.59 Å². The third-order valence-corrected chi connectivity index (χ3v) is 5.53. The van der Waals surface area contributed by atoms with Crippen molar-refractivity contribution in [3.05, 3.63) is 59.1 Å². The Bertz CT molecular complexity index is 724. The molecule has 0 spiro atoms. The highest BCUT2D eigenvalue weighted by Crippen LogP contribution is 2.22. The first-order chi connectivity index (χ1) is 12.0. The van der Waals surface area contributed by atoms with Crippen LogP contribution in [0.2, 0.25) is 0 Å². The molecule has 0 aliphatic carbocycles. The molecule has 2 aromatic carbocycles. The lowest BCUT2D eigenvalue weighted by Gasteiger charge is -2.21. The Morgan fingerprint density at radius 3 is 2.44 bits per heavy atom. The molecular weight excluding hydrogens is 400 g/mol. The van der Waals surface area contributed by atoms with E-state index in [4.69, 9.17) is 0 Å². The molecule has 0 bridgehead atoms. The molecule has 0 radical (unpaired) electrons. The molecule has 132 valence electrons. The van der Waals surface area contributed by atoms with Gasteiger partial charge in [0.15, 0.2) is 0 Å². The fourth-order valence-corrected chi connectivity index (χ4v) is 3.55. The molecule has 0 saturated carbocycles. The molecule has 25 heavy (non-hydrogen) atoms. The van der Waals surface area contributed by atoms with Gasteiger partial charge in [-0.1, -0.05) is 37.3 Å². The number of anilines is 1. The lowest BCUT2D eigenvalue weighted by atomic mass is 10.2. The first-order valence-electron chi connectivity index (χ1n) is 7.94. The number of para-hydroxylation sites is 1. The zero-order valence-corrected chi connectivity index (χ0v) is 16.6. The van der Waals surface area contributed by atoms with Crippen LogP contribution in [-0.4, -0.2) is 36.1 Å². The monoisotopic (exact) mass is 420 g/mol. The van der Waals surface area contributed by atoms with E-state index in [0.717, 1.165) is 9.37 Å². The average molecular weight is 421 g/mol. The molecule has 2 rings (SSSR count). The maximum absolute atomic E-state index is 12.4. The van der Waals surface area contributed by atoms with Gasteiger partial charge in [0.05, 0.1) is 12.2 Å². The zero-order valence-electron chi connectivity index (χ0n) is 14.2. The van der Waals surface area contributed by atoms with E-state index in [1.807, 2.05) is 61.5 Å². The summed E-state index contributed by atoms with van der Waals surface area (Å²) in [6.07, 6.45) is 0. The van der Waals surface area contributed by atoms with Crippen molar-refractivity contribution in [1.82, 2.24) is 4.90 Å². The minimum atomic E-state index is -0.217. The number of halogens is 1. The van der Waals surface area contributed by atoms with Crippen LogP contribution in [0.3, 0.4) is 0 Å². The maximum atomic E-state index is 12.4. The fourth-order valence-electron chi connectivity index (χ4n) is 2.23. The standard InChI is InChI=1S/C19H21BrN2O2S/c1-14(13-25-15-8-4-3-5-9-15)19(24)22(2)12-18(23)21-17-11-7-6-10-16(17)20/h3-11,14H,12-13H2,1-2H3,(H,21,23). The highest BCUT2D eigenvalue weighted by Gasteiger charge is 2.20. The molecule has 0 saturated heterocycles. The zero-order chi connectivity index (χ0) is 18.2. The van der Waals surface area contributed by atoms with Crippen molar-refractivity contribution in [2.24, 2.45) is 5.92 Å². The quantitative estimate of drug-likeness (QED) is 0.680. The Morgan fingerprint density at radius 1 is 1.12 bits per heavy atom. The van der Waals surface area contributed by atoms with Gasteiger partial charge in [0.25, 0.3) is 0 Å². The van der Waals surface area contributed by atoms with Crippen molar-refractivity contribution in [3.8, 4) is 0 Å². The molecule has 2 amide bonds. The Hall–Kier alpha value is -1.79. The molecule has 2 aromatic rings. The number of nitrogens with one attached hydrogen (secondary N) is 1. The van der Waals surface area contributed by atoms with Gasteiger partial charge in [0, 0.05) is 28.1 Å². The lowest BCUT2D eigenvalue weighted by Crippen LogP contribution is -2.38. The Labute approximate surface area is 161 Å². The lowest BCUT2D eigenvalue weighted by molar-refractivity contribution is -0.135. The van der Waals surface area contributed by atoms with Gasteiger partial charge in [-0.25, -0.2) is 0 Å². The topological polar surface area (TPSA) is 49.4 Å². The van der Waals surface area contributed by atoms with Crippen molar-refractivity contribution in [3.63, 3.8) is 0 Å². The SMILES string of the molecule is CC(CSc1ccccc1)C(=O)N(C)CC(=O)Nc1ccccc1Br. The number of amides is 2. The molecular formula is C19H21BrN2O2S. The van der Waals surface area contributed by atoms with Crippen LogP contribution in [0.15, 0.2) is 64.0 Å². The Morgan fingerprint density at radius 2 is 1.76 bits per heavy atom. The Balaban J connectivity index is 1.82. The largest absolute Gasteiger partial charge is 0.336 e. The minimum absolute atomic E-state index is 0.0283. The van der Waals surface area contributed by atoms with Crippen molar-refractivity contribution in [1.29, 1.82) is 0 Å². The van der Waals surface area contributed by atoms with Crippen LogP contribution < -0.4 is 5.32 Å². The van der Waals surface area contributed by atoms with Crippen molar-refractivity contribution >= 4 is 45.2 Å². The second-order valence-electron chi connectivity index (χ2n) is 5.75. The van der Waals surface area contributed by atoms with Gasteiger partial charge in [-0.05, 0) is 40.2 Å². The van der Waals surface area contributed by atoms with Gasteiger partial charge >= 0.3 is 0 Å². The molecule has 0 aliphatic heterocycles.